The van der Waals surface area contributed by atoms with Gasteiger partial charge in [0.2, 0.25) is 0 Å². The number of hydrogen-bond acceptors (Lipinski definition) is 1. The lowest BCUT2D eigenvalue weighted by Gasteiger charge is -2.34. The lowest BCUT2D eigenvalue weighted by Crippen LogP contribution is -2.48. The zero-order valence-electron chi connectivity index (χ0n) is 12.5. The van der Waals surface area contributed by atoms with Gasteiger partial charge in [-0.25, -0.2) is 0 Å². The molecule has 0 aliphatic rings. The summed E-state index contributed by atoms with van der Waals surface area (Å²) in [6.45, 7) is 11.8. The van der Waals surface area contributed by atoms with Crippen molar-refractivity contribution in [3.05, 3.63) is 35.9 Å². The van der Waals surface area contributed by atoms with Crippen LogP contribution in [0.5, 0.6) is 0 Å². The monoisotopic (exact) mass is 250 g/mol. The zero-order valence-corrected chi connectivity index (χ0v) is 12.5. The lowest BCUT2D eigenvalue weighted by atomic mass is 10.1. The molecule has 0 N–H and O–H groups in total. The third-order valence-corrected chi connectivity index (χ3v) is 2.89. The average molecular weight is 250 g/mol. The third-order valence-electron chi connectivity index (χ3n) is 2.89. The number of hydroxylamine groups is 3. The van der Waals surface area contributed by atoms with Gasteiger partial charge in [0, 0.05) is 11.8 Å². The Morgan fingerprint density at radius 2 is 1.44 bits per heavy atom. The van der Waals surface area contributed by atoms with Gasteiger partial charge in [-0.05, 0) is 5.56 Å². The van der Waals surface area contributed by atoms with E-state index in [1.165, 1.54) is 5.56 Å². The van der Waals surface area contributed by atoms with Crippen LogP contribution in [0.1, 0.15) is 33.3 Å². The molecule has 0 aliphatic carbocycles. The van der Waals surface area contributed by atoms with E-state index in [1.807, 2.05) is 6.07 Å². The highest BCUT2D eigenvalue weighted by molar-refractivity contribution is 5.13. The molecule has 1 rings (SSSR count). The summed E-state index contributed by atoms with van der Waals surface area (Å²) >= 11 is 0. The highest BCUT2D eigenvalue weighted by Crippen LogP contribution is 2.15. The molecule has 0 spiro atoms. The number of rotatable bonds is 7. The first-order valence-electron chi connectivity index (χ1n) is 6.94. The van der Waals surface area contributed by atoms with Crippen LogP contribution in [-0.2, 0) is 11.4 Å². The summed E-state index contributed by atoms with van der Waals surface area (Å²) in [7, 11) is 2.20. The fourth-order valence-electron chi connectivity index (χ4n) is 2.53. The standard InChI is InChI=1S/C16H28NO/c1-14(2)11-17(5,12-15(3)4)18-13-16-9-7-6-8-10-16/h6-10,14-15H,11-13H2,1-5H3/q+1. The van der Waals surface area contributed by atoms with Gasteiger partial charge in [0.25, 0.3) is 0 Å². The molecule has 0 atom stereocenters. The van der Waals surface area contributed by atoms with E-state index in [9.17, 15) is 0 Å². The van der Waals surface area contributed by atoms with E-state index in [-0.39, 0.29) is 0 Å². The predicted octanol–water partition coefficient (Wildman–Crippen LogP) is 3.88. The lowest BCUT2D eigenvalue weighted by molar-refractivity contribution is -1.10. The van der Waals surface area contributed by atoms with Gasteiger partial charge in [-0.2, -0.15) is 9.48 Å². The minimum absolute atomic E-state index is 0.643. The van der Waals surface area contributed by atoms with Gasteiger partial charge in [-0.3, -0.25) is 0 Å². The van der Waals surface area contributed by atoms with Crippen LogP contribution < -0.4 is 0 Å². The van der Waals surface area contributed by atoms with Gasteiger partial charge in [-0.1, -0.05) is 58.0 Å². The van der Waals surface area contributed by atoms with Crippen LogP contribution in [0.3, 0.4) is 0 Å². The van der Waals surface area contributed by atoms with Crippen LogP contribution in [0.4, 0.5) is 0 Å². The summed E-state index contributed by atoms with van der Waals surface area (Å²) in [4.78, 5) is 6.17. The van der Waals surface area contributed by atoms with Gasteiger partial charge < -0.3 is 0 Å². The average Bonchev–Trinajstić information content (AvgIpc) is 2.26. The molecule has 0 heterocycles. The number of quaternary nitrogens is 1. The van der Waals surface area contributed by atoms with Crippen molar-refractivity contribution >= 4 is 0 Å². The van der Waals surface area contributed by atoms with Crippen molar-refractivity contribution < 1.29 is 9.48 Å². The maximum Gasteiger partial charge on any atom is 0.131 e. The molecule has 0 saturated carbocycles. The molecule has 0 aliphatic heterocycles. The third kappa shape index (κ3) is 5.65. The van der Waals surface area contributed by atoms with Crippen LogP contribution in [0.2, 0.25) is 0 Å². The van der Waals surface area contributed by atoms with E-state index in [4.69, 9.17) is 4.84 Å². The maximum atomic E-state index is 6.17. The summed E-state index contributed by atoms with van der Waals surface area (Å²) in [5, 5.41) is 0. The molecule has 0 fully saturated rings. The van der Waals surface area contributed by atoms with E-state index in [1.54, 1.807) is 0 Å². The Morgan fingerprint density at radius 3 is 1.89 bits per heavy atom. The normalized spacial score (nSPS) is 12.4. The highest BCUT2D eigenvalue weighted by Gasteiger charge is 2.26. The molecule has 2 nitrogen and oxygen atoms in total. The summed E-state index contributed by atoms with van der Waals surface area (Å²) in [6, 6.07) is 10.4. The van der Waals surface area contributed by atoms with Gasteiger partial charge in [0.15, 0.2) is 0 Å². The minimum atomic E-state index is 0.643. The Bertz CT molecular complexity index is 322. The van der Waals surface area contributed by atoms with E-state index >= 15 is 0 Å². The summed E-state index contributed by atoms with van der Waals surface area (Å²) in [6.07, 6.45) is 0. The number of benzene rings is 1. The first kappa shape index (κ1) is 15.2. The predicted molar refractivity (Wildman–Crippen MR) is 76.8 cm³/mol. The topological polar surface area (TPSA) is 9.23 Å². The maximum absolute atomic E-state index is 6.17. The van der Waals surface area contributed by atoms with Crippen molar-refractivity contribution in [1.29, 1.82) is 0 Å². The Kier molecular flexibility index (Phi) is 5.83. The van der Waals surface area contributed by atoms with E-state index in [0.717, 1.165) is 13.1 Å². The molecule has 1 aromatic rings. The Labute approximate surface area is 112 Å². The fraction of sp³-hybridized carbons (Fsp3) is 0.625. The van der Waals surface area contributed by atoms with E-state index in [2.05, 4.69) is 59.0 Å². The molecular formula is C16H28NO+. The van der Waals surface area contributed by atoms with Crippen LogP contribution in [0, 0.1) is 11.8 Å². The van der Waals surface area contributed by atoms with Gasteiger partial charge in [0.05, 0.1) is 7.05 Å². The molecular weight excluding hydrogens is 222 g/mol. The zero-order chi connectivity index (χ0) is 13.6. The fourth-order valence-corrected chi connectivity index (χ4v) is 2.53. The number of hydrogen-bond donors (Lipinski definition) is 0. The van der Waals surface area contributed by atoms with Crippen molar-refractivity contribution in [2.45, 2.75) is 34.3 Å². The second-order valence-corrected chi connectivity index (χ2v) is 6.21. The van der Waals surface area contributed by atoms with E-state index in [0.29, 0.717) is 23.1 Å². The minimum Gasteiger partial charge on any atom is -0.198 e. The Morgan fingerprint density at radius 1 is 0.944 bits per heavy atom. The van der Waals surface area contributed by atoms with Crippen molar-refractivity contribution in [2.75, 3.05) is 20.1 Å². The molecule has 0 bridgehead atoms. The number of nitrogens with zero attached hydrogens (tertiary/aromatic N) is 1. The molecule has 0 radical (unpaired) electrons. The highest BCUT2D eigenvalue weighted by atomic mass is 16.7. The summed E-state index contributed by atoms with van der Waals surface area (Å²) in [5.74, 6) is 1.29. The van der Waals surface area contributed by atoms with Gasteiger partial charge in [-0.15, -0.1) is 0 Å². The van der Waals surface area contributed by atoms with Crippen molar-refractivity contribution in [3.8, 4) is 0 Å². The van der Waals surface area contributed by atoms with Crippen LogP contribution in [0.25, 0.3) is 0 Å². The Hall–Kier alpha value is -0.860. The Balaban J connectivity index is 2.61. The molecule has 0 saturated heterocycles. The van der Waals surface area contributed by atoms with Crippen molar-refractivity contribution in [1.82, 2.24) is 0 Å². The second-order valence-electron chi connectivity index (χ2n) is 6.21. The molecule has 2 heteroatoms. The first-order chi connectivity index (χ1) is 8.41. The van der Waals surface area contributed by atoms with Crippen molar-refractivity contribution in [3.63, 3.8) is 0 Å². The molecule has 18 heavy (non-hydrogen) atoms. The summed E-state index contributed by atoms with van der Waals surface area (Å²) in [5.41, 5.74) is 1.24. The molecule has 102 valence electrons. The SMILES string of the molecule is CC(C)C[N+](C)(CC(C)C)OCc1ccccc1. The first-order valence-corrected chi connectivity index (χ1v) is 6.94. The van der Waals surface area contributed by atoms with Gasteiger partial charge >= 0.3 is 0 Å². The molecule has 1 aromatic carbocycles. The largest absolute Gasteiger partial charge is 0.198 e. The van der Waals surface area contributed by atoms with E-state index < -0.39 is 0 Å². The van der Waals surface area contributed by atoms with Crippen molar-refractivity contribution in [2.24, 2.45) is 11.8 Å². The van der Waals surface area contributed by atoms with Crippen LogP contribution in [0.15, 0.2) is 30.3 Å². The smallest absolute Gasteiger partial charge is 0.131 e. The van der Waals surface area contributed by atoms with Gasteiger partial charge in [0.1, 0.15) is 19.7 Å². The van der Waals surface area contributed by atoms with Crippen LogP contribution in [-0.4, -0.2) is 24.8 Å². The summed E-state index contributed by atoms with van der Waals surface area (Å²) < 4.78 is 0.699. The molecule has 0 unspecified atom stereocenters. The molecule has 0 aromatic heterocycles. The quantitative estimate of drug-likeness (QED) is 0.527. The molecule has 0 amide bonds. The van der Waals surface area contributed by atoms with Crippen LogP contribution >= 0.6 is 0 Å². The second kappa shape index (κ2) is 6.91.